The van der Waals surface area contributed by atoms with Crippen molar-refractivity contribution in [3.05, 3.63) is 24.0 Å². The molecule has 1 aromatic carbocycles. The third kappa shape index (κ3) is 4.48. The number of amides is 3. The maximum Gasteiger partial charge on any atom is 0.414 e. The van der Waals surface area contributed by atoms with Crippen molar-refractivity contribution in [2.75, 3.05) is 43.1 Å². The Bertz CT molecular complexity index is 835. The minimum absolute atomic E-state index is 0.0935. The zero-order valence-electron chi connectivity index (χ0n) is 17.6. The van der Waals surface area contributed by atoms with E-state index in [-0.39, 0.29) is 36.9 Å². The lowest BCUT2D eigenvalue weighted by Crippen LogP contribution is -2.42. The van der Waals surface area contributed by atoms with Crippen LogP contribution < -0.4 is 15.1 Å². The molecule has 3 atom stereocenters. The molecule has 2 aliphatic rings. The molecule has 3 amide bonds. The van der Waals surface area contributed by atoms with Gasteiger partial charge in [-0.05, 0) is 24.1 Å². The lowest BCUT2D eigenvalue weighted by atomic mass is 10.1. The van der Waals surface area contributed by atoms with E-state index < -0.39 is 18.0 Å². The van der Waals surface area contributed by atoms with E-state index in [4.69, 9.17) is 9.57 Å². The smallest absolute Gasteiger partial charge is 0.414 e. The van der Waals surface area contributed by atoms with Crippen molar-refractivity contribution in [3.63, 3.8) is 0 Å². The molecule has 2 saturated heterocycles. The minimum atomic E-state index is -0.579. The van der Waals surface area contributed by atoms with Crippen LogP contribution in [0.15, 0.2) is 18.2 Å². The molecular weight excluding hydrogens is 395 g/mol. The van der Waals surface area contributed by atoms with Gasteiger partial charge < -0.3 is 15.0 Å². The number of hydrogen-bond donors (Lipinski definition) is 1. The number of halogens is 1. The van der Waals surface area contributed by atoms with Crippen LogP contribution in [0.1, 0.15) is 20.8 Å². The number of carbonyl (C=O) groups is 3. The molecule has 0 saturated carbocycles. The Hall–Kier alpha value is -2.88. The average Bonchev–Trinajstić information content (AvgIpc) is 3.23. The molecule has 0 unspecified atom stereocenters. The van der Waals surface area contributed by atoms with Gasteiger partial charge in [-0.1, -0.05) is 6.92 Å². The highest BCUT2D eigenvalue weighted by atomic mass is 19.1. The van der Waals surface area contributed by atoms with Gasteiger partial charge in [0.2, 0.25) is 11.8 Å². The summed E-state index contributed by atoms with van der Waals surface area (Å²) in [5.41, 5.74) is 0.785. The number of nitrogens with one attached hydrogen (secondary N) is 1. The number of anilines is 2. The standard InChI is InChI=1S/C20H27FN4O5/c1-12-9-23(11-19(12)25(29-4)14(3)27)18-6-5-15(7-17(18)21)24-10-16(30-20(24)28)8-22-13(2)26/h5-7,12,16,19H,8-11H2,1-4H3,(H,22,26)/t12-,16-,19-/m0/s1. The van der Waals surface area contributed by atoms with Gasteiger partial charge in [-0.25, -0.2) is 14.2 Å². The van der Waals surface area contributed by atoms with Gasteiger partial charge in [-0.3, -0.25) is 19.3 Å². The predicted octanol–water partition coefficient (Wildman–Crippen LogP) is 1.52. The zero-order valence-corrected chi connectivity index (χ0v) is 17.6. The molecular formula is C20H27FN4O5. The van der Waals surface area contributed by atoms with Crippen LogP contribution in [-0.4, -0.2) is 68.4 Å². The van der Waals surface area contributed by atoms with Crippen LogP contribution in [-0.2, 0) is 19.2 Å². The van der Waals surface area contributed by atoms with Crippen LogP contribution in [0.3, 0.4) is 0 Å². The molecule has 30 heavy (non-hydrogen) atoms. The lowest BCUT2D eigenvalue weighted by molar-refractivity contribution is -0.187. The fourth-order valence-corrected chi connectivity index (χ4v) is 3.97. The predicted molar refractivity (Wildman–Crippen MR) is 107 cm³/mol. The Labute approximate surface area is 174 Å². The molecule has 0 aliphatic carbocycles. The largest absolute Gasteiger partial charge is 0.442 e. The zero-order chi connectivity index (χ0) is 22.0. The Morgan fingerprint density at radius 2 is 2.03 bits per heavy atom. The third-order valence-corrected chi connectivity index (χ3v) is 5.42. The van der Waals surface area contributed by atoms with E-state index >= 15 is 0 Å². The fraction of sp³-hybridized carbons (Fsp3) is 0.550. The maximum absolute atomic E-state index is 14.9. The van der Waals surface area contributed by atoms with E-state index in [2.05, 4.69) is 5.32 Å². The summed E-state index contributed by atoms with van der Waals surface area (Å²) < 4.78 is 20.2. The lowest BCUT2D eigenvalue weighted by Gasteiger charge is -2.27. The van der Waals surface area contributed by atoms with Gasteiger partial charge in [0.15, 0.2) is 0 Å². The number of nitrogens with zero attached hydrogens (tertiary/aromatic N) is 3. The number of cyclic esters (lactones) is 1. The number of hydrogen-bond acceptors (Lipinski definition) is 6. The van der Waals surface area contributed by atoms with Crippen molar-refractivity contribution in [1.82, 2.24) is 10.4 Å². The number of benzene rings is 1. The summed E-state index contributed by atoms with van der Waals surface area (Å²) in [6.45, 7) is 6.24. The molecule has 2 aliphatic heterocycles. The van der Waals surface area contributed by atoms with Crippen LogP contribution in [0, 0.1) is 11.7 Å². The van der Waals surface area contributed by atoms with Gasteiger partial charge in [0.1, 0.15) is 11.9 Å². The summed E-state index contributed by atoms with van der Waals surface area (Å²) in [6, 6.07) is 4.40. The summed E-state index contributed by atoms with van der Waals surface area (Å²) >= 11 is 0. The van der Waals surface area contributed by atoms with Crippen LogP contribution in [0.5, 0.6) is 0 Å². The Morgan fingerprint density at radius 3 is 2.63 bits per heavy atom. The summed E-state index contributed by atoms with van der Waals surface area (Å²) in [4.78, 5) is 43.4. The monoisotopic (exact) mass is 422 g/mol. The van der Waals surface area contributed by atoms with E-state index in [0.29, 0.717) is 24.5 Å². The molecule has 0 bridgehead atoms. The first-order valence-corrected chi connectivity index (χ1v) is 9.82. The molecule has 2 fully saturated rings. The quantitative estimate of drug-likeness (QED) is 0.699. The average molecular weight is 422 g/mol. The van der Waals surface area contributed by atoms with Crippen molar-refractivity contribution in [1.29, 1.82) is 0 Å². The molecule has 1 N–H and O–H groups in total. The fourth-order valence-electron chi connectivity index (χ4n) is 3.97. The van der Waals surface area contributed by atoms with Gasteiger partial charge in [-0.15, -0.1) is 0 Å². The van der Waals surface area contributed by atoms with Gasteiger partial charge >= 0.3 is 6.09 Å². The summed E-state index contributed by atoms with van der Waals surface area (Å²) in [7, 11) is 1.44. The van der Waals surface area contributed by atoms with Crippen molar-refractivity contribution >= 4 is 29.3 Å². The van der Waals surface area contributed by atoms with Gasteiger partial charge in [-0.2, -0.15) is 0 Å². The highest BCUT2D eigenvalue weighted by molar-refractivity contribution is 5.90. The second kappa shape index (κ2) is 8.86. The van der Waals surface area contributed by atoms with Gasteiger partial charge in [0.05, 0.1) is 37.6 Å². The number of hydroxylamine groups is 2. The van der Waals surface area contributed by atoms with E-state index in [9.17, 15) is 18.8 Å². The Morgan fingerprint density at radius 1 is 1.30 bits per heavy atom. The van der Waals surface area contributed by atoms with E-state index in [1.165, 1.54) is 37.0 Å². The highest BCUT2D eigenvalue weighted by Crippen LogP contribution is 2.32. The molecule has 10 heteroatoms. The summed E-state index contributed by atoms with van der Waals surface area (Å²) in [6.07, 6.45) is -1.07. The molecule has 9 nitrogen and oxygen atoms in total. The second-order valence-electron chi connectivity index (χ2n) is 7.67. The first-order valence-electron chi connectivity index (χ1n) is 9.82. The number of ether oxygens (including phenoxy) is 1. The van der Waals surface area contributed by atoms with Crippen LogP contribution in [0.4, 0.5) is 20.6 Å². The molecule has 3 rings (SSSR count). The van der Waals surface area contributed by atoms with Gasteiger partial charge in [0.25, 0.3) is 0 Å². The summed E-state index contributed by atoms with van der Waals surface area (Å²) in [5.74, 6) is -0.787. The van der Waals surface area contributed by atoms with Crippen molar-refractivity contribution in [2.24, 2.45) is 5.92 Å². The molecule has 0 spiro atoms. The van der Waals surface area contributed by atoms with Crippen LogP contribution in [0.2, 0.25) is 0 Å². The maximum atomic E-state index is 14.9. The first kappa shape index (κ1) is 21.8. The Balaban J connectivity index is 1.71. The molecule has 0 aromatic heterocycles. The Kier molecular flexibility index (Phi) is 6.45. The van der Waals surface area contributed by atoms with E-state index in [0.717, 1.165) is 0 Å². The van der Waals surface area contributed by atoms with Crippen molar-refractivity contribution in [3.8, 4) is 0 Å². The molecule has 164 valence electrons. The van der Waals surface area contributed by atoms with E-state index in [1.54, 1.807) is 12.1 Å². The van der Waals surface area contributed by atoms with Gasteiger partial charge in [0, 0.05) is 26.9 Å². The SMILES string of the molecule is CON(C(C)=O)[C@H]1CN(c2ccc(N3C[C@H](CNC(C)=O)OC3=O)cc2F)C[C@@H]1C. The van der Waals surface area contributed by atoms with Crippen LogP contribution >= 0.6 is 0 Å². The summed E-state index contributed by atoms with van der Waals surface area (Å²) in [5, 5.41) is 3.93. The van der Waals surface area contributed by atoms with Crippen molar-refractivity contribution < 1.29 is 28.3 Å². The molecule has 2 heterocycles. The molecule has 1 aromatic rings. The topological polar surface area (TPSA) is 91.4 Å². The third-order valence-electron chi connectivity index (χ3n) is 5.42. The first-order chi connectivity index (χ1) is 14.2. The normalized spacial score (nSPS) is 23.5. The molecule has 0 radical (unpaired) electrons. The van der Waals surface area contributed by atoms with Crippen molar-refractivity contribution in [2.45, 2.75) is 32.9 Å². The number of rotatable bonds is 6. The second-order valence-corrected chi connectivity index (χ2v) is 7.67. The van der Waals surface area contributed by atoms with E-state index in [1.807, 2.05) is 11.8 Å². The van der Waals surface area contributed by atoms with Crippen LogP contribution in [0.25, 0.3) is 0 Å². The minimum Gasteiger partial charge on any atom is -0.442 e. The number of carbonyl (C=O) groups excluding carboxylic acids is 3. The highest BCUT2D eigenvalue weighted by Gasteiger charge is 2.37.